The Bertz CT molecular complexity index is 1320. The maximum Gasteiger partial charge on any atom is 0.300 e. The molecule has 1 saturated heterocycles. The van der Waals surface area contributed by atoms with Gasteiger partial charge in [0, 0.05) is 16.8 Å². The van der Waals surface area contributed by atoms with E-state index in [1.807, 2.05) is 32.0 Å². The lowest BCUT2D eigenvalue weighted by molar-refractivity contribution is -0.132. The lowest BCUT2D eigenvalue weighted by Crippen LogP contribution is -2.29. The topological polar surface area (TPSA) is 85.3 Å². The SMILES string of the molecule is COc1ccc(/C(O)=C2\C(=O)C(=O)N(c3cc(C)cc(C)c3)C2c2ccccc2OC)cc1OC. The van der Waals surface area contributed by atoms with Crippen molar-refractivity contribution in [2.24, 2.45) is 0 Å². The number of hydrogen-bond acceptors (Lipinski definition) is 6. The first-order chi connectivity index (χ1) is 16.8. The molecule has 3 aromatic rings. The van der Waals surface area contributed by atoms with Crippen molar-refractivity contribution in [1.29, 1.82) is 0 Å². The number of para-hydroxylation sites is 1. The third kappa shape index (κ3) is 4.21. The zero-order chi connectivity index (χ0) is 25.3. The molecule has 180 valence electrons. The number of ether oxygens (including phenoxy) is 3. The summed E-state index contributed by atoms with van der Waals surface area (Å²) in [7, 11) is 4.51. The van der Waals surface area contributed by atoms with Gasteiger partial charge in [-0.3, -0.25) is 14.5 Å². The highest BCUT2D eigenvalue weighted by Crippen LogP contribution is 2.45. The van der Waals surface area contributed by atoms with E-state index in [0.717, 1.165) is 11.1 Å². The molecule has 35 heavy (non-hydrogen) atoms. The van der Waals surface area contributed by atoms with E-state index in [1.165, 1.54) is 26.2 Å². The van der Waals surface area contributed by atoms with E-state index in [0.29, 0.717) is 34.1 Å². The molecule has 3 aromatic carbocycles. The van der Waals surface area contributed by atoms with Crippen molar-refractivity contribution in [1.82, 2.24) is 0 Å². The summed E-state index contributed by atoms with van der Waals surface area (Å²) in [5.74, 6) is -0.478. The number of methoxy groups -OCH3 is 3. The number of carbonyl (C=O) groups is 2. The van der Waals surface area contributed by atoms with Gasteiger partial charge in [-0.05, 0) is 61.4 Å². The zero-order valence-corrected chi connectivity index (χ0v) is 20.3. The van der Waals surface area contributed by atoms with Gasteiger partial charge in [0.15, 0.2) is 11.5 Å². The minimum atomic E-state index is -0.902. The molecule has 1 heterocycles. The Balaban J connectivity index is 2.00. The van der Waals surface area contributed by atoms with Crippen LogP contribution >= 0.6 is 0 Å². The number of hydrogen-bond donors (Lipinski definition) is 1. The second kappa shape index (κ2) is 9.54. The molecule has 1 amide bonds. The summed E-state index contributed by atoms with van der Waals surface area (Å²) >= 11 is 0. The summed E-state index contributed by atoms with van der Waals surface area (Å²) in [6.07, 6.45) is 0. The molecule has 0 radical (unpaired) electrons. The van der Waals surface area contributed by atoms with Gasteiger partial charge in [0.05, 0.1) is 32.9 Å². The predicted octanol–water partition coefficient (Wildman–Crippen LogP) is 4.96. The quantitative estimate of drug-likeness (QED) is 0.310. The predicted molar refractivity (Wildman–Crippen MR) is 133 cm³/mol. The van der Waals surface area contributed by atoms with Crippen LogP contribution in [0.3, 0.4) is 0 Å². The van der Waals surface area contributed by atoms with Crippen molar-refractivity contribution in [2.45, 2.75) is 19.9 Å². The van der Waals surface area contributed by atoms with Crippen LogP contribution in [0.2, 0.25) is 0 Å². The highest BCUT2D eigenvalue weighted by Gasteiger charge is 2.48. The monoisotopic (exact) mass is 473 g/mol. The highest BCUT2D eigenvalue weighted by atomic mass is 16.5. The number of rotatable bonds is 6. The number of aliphatic hydroxyl groups is 1. The van der Waals surface area contributed by atoms with Gasteiger partial charge in [0.1, 0.15) is 11.5 Å². The first-order valence-electron chi connectivity index (χ1n) is 11.0. The lowest BCUT2D eigenvalue weighted by Gasteiger charge is -2.27. The molecule has 0 aliphatic carbocycles. The molecule has 1 fully saturated rings. The van der Waals surface area contributed by atoms with Crippen LogP contribution in [0.1, 0.15) is 28.3 Å². The summed E-state index contributed by atoms with van der Waals surface area (Å²) in [6.45, 7) is 3.85. The molecule has 1 atom stereocenters. The number of benzene rings is 3. The normalized spacial score (nSPS) is 16.9. The van der Waals surface area contributed by atoms with Crippen LogP contribution in [-0.4, -0.2) is 38.1 Å². The largest absolute Gasteiger partial charge is 0.507 e. The van der Waals surface area contributed by atoms with Crippen LogP contribution in [0.15, 0.2) is 66.2 Å². The fraction of sp³-hybridized carbons (Fsp3) is 0.214. The lowest BCUT2D eigenvalue weighted by atomic mass is 9.94. The molecule has 1 unspecified atom stereocenters. The maximum absolute atomic E-state index is 13.4. The third-order valence-corrected chi connectivity index (χ3v) is 6.02. The molecular formula is C28H27NO6. The Hall–Kier alpha value is -4.26. The van der Waals surface area contributed by atoms with Crippen LogP contribution in [-0.2, 0) is 9.59 Å². The van der Waals surface area contributed by atoms with Crippen LogP contribution < -0.4 is 19.1 Å². The fourth-order valence-electron chi connectivity index (χ4n) is 4.51. The number of aliphatic hydroxyl groups excluding tert-OH is 1. The smallest absolute Gasteiger partial charge is 0.300 e. The van der Waals surface area contributed by atoms with Crippen molar-refractivity contribution in [3.05, 3.63) is 88.5 Å². The molecule has 4 rings (SSSR count). The van der Waals surface area contributed by atoms with E-state index in [-0.39, 0.29) is 11.3 Å². The molecular weight excluding hydrogens is 446 g/mol. The van der Waals surface area contributed by atoms with E-state index in [2.05, 4.69) is 0 Å². The van der Waals surface area contributed by atoms with E-state index in [1.54, 1.807) is 42.5 Å². The van der Waals surface area contributed by atoms with Crippen molar-refractivity contribution in [3.63, 3.8) is 0 Å². The van der Waals surface area contributed by atoms with E-state index in [9.17, 15) is 14.7 Å². The second-order valence-corrected chi connectivity index (χ2v) is 8.33. The minimum Gasteiger partial charge on any atom is -0.507 e. The standard InChI is InChI=1S/C28H27NO6/c1-16-12-17(2)14-19(13-16)29-25(20-8-6-7-9-21(20)33-3)24(27(31)28(29)32)26(30)18-10-11-22(34-4)23(15-18)35-5/h6-15,25,30H,1-5H3/b26-24+. The Morgan fingerprint density at radius 1 is 0.800 bits per heavy atom. The van der Waals surface area contributed by atoms with Gasteiger partial charge in [-0.25, -0.2) is 0 Å². The summed E-state index contributed by atoms with van der Waals surface area (Å²) in [6, 6.07) is 16.7. The summed E-state index contributed by atoms with van der Waals surface area (Å²) in [5, 5.41) is 11.4. The molecule has 7 nitrogen and oxygen atoms in total. The number of anilines is 1. The van der Waals surface area contributed by atoms with Gasteiger partial charge >= 0.3 is 0 Å². The number of carbonyl (C=O) groups excluding carboxylic acids is 2. The highest BCUT2D eigenvalue weighted by molar-refractivity contribution is 6.51. The van der Waals surface area contributed by atoms with E-state index >= 15 is 0 Å². The molecule has 0 saturated carbocycles. The van der Waals surface area contributed by atoms with Crippen molar-refractivity contribution in [3.8, 4) is 17.2 Å². The Morgan fingerprint density at radius 2 is 1.43 bits per heavy atom. The average Bonchev–Trinajstić information content (AvgIpc) is 3.12. The molecule has 1 N–H and O–H groups in total. The second-order valence-electron chi connectivity index (χ2n) is 8.33. The molecule has 7 heteroatoms. The number of Topliss-reactive ketones (excluding diaryl/α,β-unsaturated/α-hetero) is 1. The molecule has 0 aromatic heterocycles. The van der Waals surface area contributed by atoms with Crippen LogP contribution in [0.25, 0.3) is 5.76 Å². The number of ketones is 1. The molecule has 1 aliphatic rings. The maximum atomic E-state index is 13.4. The number of aryl methyl sites for hydroxylation is 2. The van der Waals surface area contributed by atoms with Crippen LogP contribution in [0.5, 0.6) is 17.2 Å². The summed E-state index contributed by atoms with van der Waals surface area (Å²) in [4.78, 5) is 28.3. The Morgan fingerprint density at radius 3 is 2.06 bits per heavy atom. The Labute approximate surface area is 204 Å². The van der Waals surface area contributed by atoms with Gasteiger partial charge in [0.25, 0.3) is 11.7 Å². The van der Waals surface area contributed by atoms with Crippen molar-refractivity contribution in [2.75, 3.05) is 26.2 Å². The van der Waals surface area contributed by atoms with Gasteiger partial charge in [0.2, 0.25) is 0 Å². The van der Waals surface area contributed by atoms with E-state index < -0.39 is 17.7 Å². The van der Waals surface area contributed by atoms with Crippen molar-refractivity contribution >= 4 is 23.1 Å². The van der Waals surface area contributed by atoms with Crippen molar-refractivity contribution < 1.29 is 28.9 Å². The van der Waals surface area contributed by atoms with Gasteiger partial charge in [-0.1, -0.05) is 24.3 Å². The molecule has 0 bridgehead atoms. The first kappa shape index (κ1) is 23.9. The number of amides is 1. The molecule has 0 spiro atoms. The summed E-state index contributed by atoms with van der Waals surface area (Å²) < 4.78 is 16.2. The fourth-order valence-corrected chi connectivity index (χ4v) is 4.51. The van der Waals surface area contributed by atoms with Gasteiger partial charge in [-0.2, -0.15) is 0 Å². The third-order valence-electron chi connectivity index (χ3n) is 6.02. The minimum absolute atomic E-state index is 0.0362. The Kier molecular flexibility index (Phi) is 6.51. The van der Waals surface area contributed by atoms with Gasteiger partial charge < -0.3 is 19.3 Å². The number of nitrogens with zero attached hydrogens (tertiary/aromatic N) is 1. The summed E-state index contributed by atoms with van der Waals surface area (Å²) in [5.41, 5.74) is 3.32. The van der Waals surface area contributed by atoms with Crippen LogP contribution in [0, 0.1) is 13.8 Å². The zero-order valence-electron chi connectivity index (χ0n) is 20.3. The van der Waals surface area contributed by atoms with Gasteiger partial charge in [-0.15, -0.1) is 0 Å². The van der Waals surface area contributed by atoms with Crippen LogP contribution in [0.4, 0.5) is 5.69 Å². The average molecular weight is 474 g/mol. The first-order valence-corrected chi connectivity index (χ1v) is 11.0. The van der Waals surface area contributed by atoms with E-state index in [4.69, 9.17) is 14.2 Å². The molecule has 1 aliphatic heterocycles.